The zero-order valence-corrected chi connectivity index (χ0v) is 37.3. The Hall–Kier alpha value is -8.00. The number of anilines is 2. The molecule has 3 aliphatic carbocycles. The highest BCUT2D eigenvalue weighted by Crippen LogP contribution is 2.57. The molecule has 0 N–H and O–H groups in total. The van der Waals surface area contributed by atoms with Crippen LogP contribution in [-0.4, -0.2) is 6.04 Å². The maximum Gasteiger partial charge on any atom is 0.0714 e. The first kappa shape index (κ1) is 42.0. The van der Waals surface area contributed by atoms with Gasteiger partial charge in [-0.3, -0.25) is 0 Å². The summed E-state index contributed by atoms with van der Waals surface area (Å²) in [4.78, 5) is 2.49. The third-order valence-corrected chi connectivity index (χ3v) is 13.8. The average molecular weight is 848 g/mol. The average Bonchev–Trinajstić information content (AvgIpc) is 3.68. The Kier molecular flexibility index (Phi) is 11.6. The van der Waals surface area contributed by atoms with Crippen LogP contribution in [0.2, 0.25) is 0 Å². The Balaban J connectivity index is 1.17. The molecule has 7 aromatic carbocycles. The summed E-state index contributed by atoms with van der Waals surface area (Å²) in [6, 6.07) is 64.2. The summed E-state index contributed by atoms with van der Waals surface area (Å²) < 4.78 is 0. The van der Waals surface area contributed by atoms with Crippen LogP contribution < -0.4 is 4.90 Å². The lowest BCUT2D eigenvalue weighted by molar-refractivity contribution is 0.646. The standard InChI is InChI=1S/C65H53N/c1-5-9-24-47-25-16-17-26-49(47)43-46(6-2)48-37-39-53(40-38-48)66(64(8-4)55(7-3)61-44-50-27-18-19-32-56(50)57-33-20-21-34-58(57)61)54-41-42-60-59-35-22-23-36-62(59)65(63(60)45-54,51-28-12-10-13-29-51)52-30-14-11-15-31-52/h5-45,50,55-56,64H,1-4H2/b24-9-,46-43+. The molecule has 0 fully saturated rings. The molecule has 66 heavy (non-hydrogen) atoms. The molecule has 0 saturated heterocycles. The van der Waals surface area contributed by atoms with Gasteiger partial charge in [-0.05, 0) is 103 Å². The minimum atomic E-state index is -0.553. The van der Waals surface area contributed by atoms with Gasteiger partial charge in [0.1, 0.15) is 0 Å². The fraction of sp³-hybridized carbons (Fsp3) is 0.0769. The quantitative estimate of drug-likeness (QED) is 0.0599. The molecule has 4 unspecified atom stereocenters. The minimum Gasteiger partial charge on any atom is -0.334 e. The number of hydrogen-bond acceptors (Lipinski definition) is 1. The van der Waals surface area contributed by atoms with E-state index in [2.05, 4.69) is 262 Å². The van der Waals surface area contributed by atoms with E-state index in [1.54, 1.807) is 6.08 Å². The number of allylic oxidation sites excluding steroid dienone is 9. The van der Waals surface area contributed by atoms with Gasteiger partial charge < -0.3 is 4.90 Å². The molecular weight excluding hydrogens is 795 g/mol. The first-order chi connectivity index (χ1) is 32.6. The Morgan fingerprint density at radius 3 is 1.88 bits per heavy atom. The molecule has 0 aliphatic heterocycles. The van der Waals surface area contributed by atoms with E-state index >= 15 is 0 Å². The second-order valence-corrected chi connectivity index (χ2v) is 17.3. The van der Waals surface area contributed by atoms with E-state index in [-0.39, 0.29) is 17.9 Å². The van der Waals surface area contributed by atoms with Crippen molar-refractivity contribution in [3.63, 3.8) is 0 Å². The molecule has 0 heterocycles. The van der Waals surface area contributed by atoms with Crippen molar-refractivity contribution in [2.45, 2.75) is 17.4 Å². The van der Waals surface area contributed by atoms with Crippen molar-refractivity contribution in [3.8, 4) is 11.1 Å². The van der Waals surface area contributed by atoms with E-state index in [4.69, 9.17) is 0 Å². The molecule has 0 spiro atoms. The van der Waals surface area contributed by atoms with Crippen molar-refractivity contribution in [1.29, 1.82) is 0 Å². The van der Waals surface area contributed by atoms with E-state index < -0.39 is 5.41 Å². The number of benzene rings is 7. The molecule has 1 heteroatoms. The fourth-order valence-electron chi connectivity index (χ4n) is 10.9. The van der Waals surface area contributed by atoms with E-state index in [9.17, 15) is 0 Å². The second-order valence-electron chi connectivity index (χ2n) is 17.3. The molecule has 0 saturated carbocycles. The molecule has 0 amide bonds. The van der Waals surface area contributed by atoms with Crippen LogP contribution in [0.4, 0.5) is 11.4 Å². The van der Waals surface area contributed by atoms with Crippen LogP contribution in [0.3, 0.4) is 0 Å². The molecule has 318 valence electrons. The predicted octanol–water partition coefficient (Wildman–Crippen LogP) is 16.4. The summed E-state index contributed by atoms with van der Waals surface area (Å²) in [6.07, 6.45) is 25.8. The predicted molar refractivity (Wildman–Crippen MR) is 283 cm³/mol. The third-order valence-electron chi connectivity index (χ3n) is 13.8. The summed E-state index contributed by atoms with van der Waals surface area (Å²) in [7, 11) is 0. The van der Waals surface area contributed by atoms with E-state index in [1.165, 1.54) is 50.1 Å². The highest BCUT2D eigenvalue weighted by atomic mass is 15.2. The lowest BCUT2D eigenvalue weighted by Gasteiger charge is -2.40. The molecule has 3 aliphatic rings. The summed E-state index contributed by atoms with van der Waals surface area (Å²) in [5.41, 5.74) is 17.3. The Morgan fingerprint density at radius 1 is 0.561 bits per heavy atom. The van der Waals surface area contributed by atoms with E-state index in [0.29, 0.717) is 5.92 Å². The van der Waals surface area contributed by atoms with Gasteiger partial charge in [0.05, 0.1) is 11.5 Å². The molecule has 7 aromatic rings. The van der Waals surface area contributed by atoms with Gasteiger partial charge in [0.15, 0.2) is 0 Å². The Morgan fingerprint density at radius 2 is 1.18 bits per heavy atom. The Bertz CT molecular complexity index is 3080. The summed E-state index contributed by atoms with van der Waals surface area (Å²) in [5.74, 6) is 0.439. The minimum absolute atomic E-state index is 0.106. The first-order valence-corrected chi connectivity index (χ1v) is 23.0. The molecule has 0 bridgehead atoms. The van der Waals surface area contributed by atoms with Crippen LogP contribution in [0.1, 0.15) is 56.0 Å². The molecule has 10 rings (SSSR count). The first-order valence-electron chi connectivity index (χ1n) is 23.0. The van der Waals surface area contributed by atoms with Gasteiger partial charge in [0.25, 0.3) is 0 Å². The molecular formula is C65H53N. The SMILES string of the molecule is C=C/C=C\c1ccccc1/C=C(\C=C)c1ccc(N(c2ccc3c(c2)C(c2ccccc2)(c2ccccc2)c2ccccc2-3)C(C=C)C(C=C)C2=CC3C=CC=CC3c3ccccc32)cc1. The van der Waals surface area contributed by atoms with Crippen LogP contribution in [0.25, 0.3) is 34.4 Å². The summed E-state index contributed by atoms with van der Waals surface area (Å²) in [6.45, 7) is 17.3. The Labute approximate surface area is 391 Å². The van der Waals surface area contributed by atoms with Gasteiger partial charge in [-0.1, -0.05) is 232 Å². The summed E-state index contributed by atoms with van der Waals surface area (Å²) in [5, 5.41) is 0. The van der Waals surface area contributed by atoms with Crippen LogP contribution in [0.5, 0.6) is 0 Å². The lowest BCUT2D eigenvalue weighted by Crippen LogP contribution is -2.37. The molecule has 1 nitrogen and oxygen atoms in total. The lowest BCUT2D eigenvalue weighted by atomic mass is 9.67. The monoisotopic (exact) mass is 847 g/mol. The third kappa shape index (κ3) is 7.24. The van der Waals surface area contributed by atoms with Gasteiger partial charge >= 0.3 is 0 Å². The van der Waals surface area contributed by atoms with Crippen molar-refractivity contribution in [2.24, 2.45) is 11.8 Å². The zero-order chi connectivity index (χ0) is 45.0. The van der Waals surface area contributed by atoms with Crippen LogP contribution in [0.15, 0.2) is 263 Å². The second kappa shape index (κ2) is 18.2. The van der Waals surface area contributed by atoms with Crippen LogP contribution in [0, 0.1) is 11.8 Å². The van der Waals surface area contributed by atoms with Crippen molar-refractivity contribution in [3.05, 3.63) is 313 Å². The molecule has 0 radical (unpaired) electrons. The highest BCUT2D eigenvalue weighted by Gasteiger charge is 2.46. The van der Waals surface area contributed by atoms with Gasteiger partial charge in [-0.2, -0.15) is 0 Å². The fourth-order valence-corrected chi connectivity index (χ4v) is 10.9. The smallest absolute Gasteiger partial charge is 0.0714 e. The number of nitrogens with zero attached hydrogens (tertiary/aromatic N) is 1. The number of rotatable bonds is 14. The van der Waals surface area contributed by atoms with Crippen LogP contribution in [-0.2, 0) is 5.41 Å². The van der Waals surface area contributed by atoms with Gasteiger partial charge in [-0.15, -0.1) is 13.2 Å². The van der Waals surface area contributed by atoms with Gasteiger partial charge in [-0.25, -0.2) is 0 Å². The topological polar surface area (TPSA) is 3.24 Å². The van der Waals surface area contributed by atoms with Crippen molar-refractivity contribution in [1.82, 2.24) is 0 Å². The van der Waals surface area contributed by atoms with Gasteiger partial charge in [0.2, 0.25) is 0 Å². The largest absolute Gasteiger partial charge is 0.334 e. The van der Waals surface area contributed by atoms with Crippen molar-refractivity contribution < 1.29 is 0 Å². The number of hydrogen-bond donors (Lipinski definition) is 0. The van der Waals surface area contributed by atoms with Gasteiger partial charge in [0, 0.05) is 29.1 Å². The maximum atomic E-state index is 4.62. The van der Waals surface area contributed by atoms with Crippen LogP contribution >= 0.6 is 0 Å². The maximum absolute atomic E-state index is 4.62. The summed E-state index contributed by atoms with van der Waals surface area (Å²) >= 11 is 0. The van der Waals surface area contributed by atoms with Crippen molar-refractivity contribution >= 4 is 34.7 Å². The molecule has 4 atom stereocenters. The van der Waals surface area contributed by atoms with E-state index in [0.717, 1.165) is 33.6 Å². The van der Waals surface area contributed by atoms with Crippen molar-refractivity contribution in [2.75, 3.05) is 4.90 Å². The highest BCUT2D eigenvalue weighted by molar-refractivity contribution is 5.91. The molecule has 0 aromatic heterocycles. The number of fused-ring (bicyclic) bond motifs is 6. The zero-order valence-electron chi connectivity index (χ0n) is 37.3. The normalized spacial score (nSPS) is 17.3. The van der Waals surface area contributed by atoms with E-state index in [1.807, 2.05) is 12.2 Å².